The van der Waals surface area contributed by atoms with Gasteiger partial charge in [0, 0.05) is 25.2 Å². The minimum absolute atomic E-state index is 0.122. The molecule has 2 rings (SSSR count). The van der Waals surface area contributed by atoms with Crippen molar-refractivity contribution in [1.82, 2.24) is 9.62 Å². The van der Waals surface area contributed by atoms with E-state index in [0.717, 1.165) is 5.56 Å². The van der Waals surface area contributed by atoms with E-state index in [1.165, 1.54) is 16.4 Å². The van der Waals surface area contributed by atoms with Gasteiger partial charge in [-0.15, -0.1) is 0 Å². The molecule has 0 aliphatic heterocycles. The first kappa shape index (κ1) is 24.7. The number of benzene rings is 2. The molecule has 1 N–H and O–H groups in total. The molecule has 2 aromatic carbocycles. The molecule has 2 aromatic rings. The van der Waals surface area contributed by atoms with Crippen molar-refractivity contribution in [3.05, 3.63) is 53.6 Å². The van der Waals surface area contributed by atoms with Crippen molar-refractivity contribution in [2.45, 2.75) is 39.0 Å². The highest BCUT2D eigenvalue weighted by Gasteiger charge is 2.22. The third-order valence-corrected chi connectivity index (χ3v) is 6.79. The minimum atomic E-state index is -3.61. The van der Waals surface area contributed by atoms with E-state index < -0.39 is 10.0 Å². The summed E-state index contributed by atoms with van der Waals surface area (Å²) in [5, 5.41) is 2.86. The van der Waals surface area contributed by atoms with Gasteiger partial charge < -0.3 is 14.8 Å². The largest absolute Gasteiger partial charge is 0.490 e. The lowest BCUT2D eigenvalue weighted by Gasteiger charge is -2.18. The number of carbonyl (C=O) groups excluding carboxylic acids is 1. The van der Waals surface area contributed by atoms with Gasteiger partial charge in [-0.1, -0.05) is 26.0 Å². The molecule has 0 spiro atoms. The molecule has 0 aromatic heterocycles. The summed E-state index contributed by atoms with van der Waals surface area (Å²) in [7, 11) is -3.61. The molecular weight excluding hydrogens is 416 g/mol. The van der Waals surface area contributed by atoms with Crippen LogP contribution >= 0.6 is 0 Å². The van der Waals surface area contributed by atoms with Gasteiger partial charge in [-0.05, 0) is 56.2 Å². The molecule has 0 saturated carbocycles. The summed E-state index contributed by atoms with van der Waals surface area (Å²) in [6, 6.07) is 11.9. The van der Waals surface area contributed by atoms with Crippen LogP contribution in [0.4, 0.5) is 0 Å². The summed E-state index contributed by atoms with van der Waals surface area (Å²) < 4.78 is 38.0. The number of rotatable bonds is 12. The Kier molecular flexibility index (Phi) is 9.33. The Hall–Kier alpha value is -2.58. The standard InChI is InChI=1S/C23H32N2O5S/c1-5-25(6-2)31(27,28)20-11-9-10-19(17-20)23(26)24-15-14-18-12-13-21(29-7-3)22(16-18)30-8-4/h9-13,16-17H,5-8,14-15H2,1-4H3,(H,24,26). The molecule has 0 radical (unpaired) electrons. The number of nitrogens with zero attached hydrogens (tertiary/aromatic N) is 1. The topological polar surface area (TPSA) is 84.9 Å². The third-order valence-electron chi connectivity index (χ3n) is 4.75. The second-order valence-corrected chi connectivity index (χ2v) is 8.71. The van der Waals surface area contributed by atoms with E-state index in [-0.39, 0.29) is 10.8 Å². The van der Waals surface area contributed by atoms with Crippen LogP contribution in [0.1, 0.15) is 43.6 Å². The van der Waals surface area contributed by atoms with Crippen molar-refractivity contribution in [3.8, 4) is 11.5 Å². The van der Waals surface area contributed by atoms with Crippen LogP contribution in [0.3, 0.4) is 0 Å². The Morgan fingerprint density at radius 2 is 1.61 bits per heavy atom. The zero-order chi connectivity index (χ0) is 22.9. The highest BCUT2D eigenvalue weighted by Crippen LogP contribution is 2.28. The van der Waals surface area contributed by atoms with Crippen molar-refractivity contribution in [2.24, 2.45) is 0 Å². The van der Waals surface area contributed by atoms with Crippen LogP contribution in [-0.4, -0.2) is 51.5 Å². The molecule has 0 atom stereocenters. The van der Waals surface area contributed by atoms with Gasteiger partial charge in [0.05, 0.1) is 18.1 Å². The molecule has 0 heterocycles. The fourth-order valence-corrected chi connectivity index (χ4v) is 4.69. The van der Waals surface area contributed by atoms with Crippen molar-refractivity contribution in [3.63, 3.8) is 0 Å². The maximum absolute atomic E-state index is 12.7. The molecule has 1 amide bonds. The summed E-state index contributed by atoms with van der Waals surface area (Å²) in [5.41, 5.74) is 1.32. The van der Waals surface area contributed by atoms with Gasteiger partial charge in [-0.3, -0.25) is 4.79 Å². The lowest BCUT2D eigenvalue weighted by atomic mass is 10.1. The number of hydrogen-bond acceptors (Lipinski definition) is 5. The van der Waals surface area contributed by atoms with Crippen LogP contribution in [0.5, 0.6) is 11.5 Å². The predicted molar refractivity (Wildman–Crippen MR) is 121 cm³/mol. The van der Waals surface area contributed by atoms with Crippen molar-refractivity contribution >= 4 is 15.9 Å². The summed E-state index contributed by atoms with van der Waals surface area (Å²) in [6.07, 6.45) is 0.607. The number of carbonyl (C=O) groups is 1. The average Bonchev–Trinajstić information content (AvgIpc) is 2.76. The average molecular weight is 449 g/mol. The van der Waals surface area contributed by atoms with Crippen molar-refractivity contribution < 1.29 is 22.7 Å². The minimum Gasteiger partial charge on any atom is -0.490 e. The molecule has 0 fully saturated rings. The first-order chi connectivity index (χ1) is 14.9. The maximum Gasteiger partial charge on any atom is 0.251 e. The van der Waals surface area contributed by atoms with Gasteiger partial charge in [0.15, 0.2) is 11.5 Å². The van der Waals surface area contributed by atoms with Gasteiger partial charge in [-0.2, -0.15) is 4.31 Å². The lowest BCUT2D eigenvalue weighted by molar-refractivity contribution is 0.0954. The maximum atomic E-state index is 12.7. The Bertz CT molecular complexity index is 972. The smallest absolute Gasteiger partial charge is 0.251 e. The molecular formula is C23H32N2O5S. The molecule has 8 heteroatoms. The molecule has 0 unspecified atom stereocenters. The van der Waals surface area contributed by atoms with E-state index in [1.54, 1.807) is 26.0 Å². The van der Waals surface area contributed by atoms with Crippen molar-refractivity contribution in [2.75, 3.05) is 32.8 Å². The van der Waals surface area contributed by atoms with E-state index in [4.69, 9.17) is 9.47 Å². The zero-order valence-electron chi connectivity index (χ0n) is 18.7. The quantitative estimate of drug-likeness (QED) is 0.537. The van der Waals surface area contributed by atoms with Crippen LogP contribution < -0.4 is 14.8 Å². The normalized spacial score (nSPS) is 11.4. The molecule has 0 saturated heterocycles. The number of hydrogen-bond donors (Lipinski definition) is 1. The van der Waals surface area contributed by atoms with Crippen LogP contribution in [-0.2, 0) is 16.4 Å². The summed E-state index contributed by atoms with van der Waals surface area (Å²) in [5.74, 6) is 1.07. The van der Waals surface area contributed by atoms with Crippen LogP contribution in [0.25, 0.3) is 0 Å². The van der Waals surface area contributed by atoms with Gasteiger partial charge in [0.1, 0.15) is 0 Å². The Morgan fingerprint density at radius 1 is 0.935 bits per heavy atom. The van der Waals surface area contributed by atoms with Gasteiger partial charge in [0.25, 0.3) is 5.91 Å². The Balaban J connectivity index is 2.05. The first-order valence-corrected chi connectivity index (χ1v) is 12.1. The van der Waals surface area contributed by atoms with E-state index in [1.807, 2.05) is 32.0 Å². The fraction of sp³-hybridized carbons (Fsp3) is 0.435. The number of ether oxygens (including phenoxy) is 2. The SMILES string of the molecule is CCOc1ccc(CCNC(=O)c2cccc(S(=O)(=O)N(CC)CC)c2)cc1OCC. The second-order valence-electron chi connectivity index (χ2n) is 6.77. The number of nitrogens with one attached hydrogen (secondary N) is 1. The highest BCUT2D eigenvalue weighted by molar-refractivity contribution is 7.89. The summed E-state index contributed by atoms with van der Waals surface area (Å²) >= 11 is 0. The van der Waals surface area contributed by atoms with Gasteiger partial charge in [-0.25, -0.2) is 8.42 Å². The molecule has 170 valence electrons. The van der Waals surface area contributed by atoms with Gasteiger partial charge >= 0.3 is 0 Å². The molecule has 31 heavy (non-hydrogen) atoms. The Morgan fingerprint density at radius 3 is 2.26 bits per heavy atom. The monoisotopic (exact) mass is 448 g/mol. The van der Waals surface area contributed by atoms with E-state index in [0.29, 0.717) is 56.3 Å². The second kappa shape index (κ2) is 11.7. The number of sulfonamides is 1. The van der Waals surface area contributed by atoms with Crippen LogP contribution in [0.2, 0.25) is 0 Å². The molecule has 0 aliphatic rings. The predicted octanol–water partition coefficient (Wildman–Crippen LogP) is 3.49. The van der Waals surface area contributed by atoms with E-state index >= 15 is 0 Å². The van der Waals surface area contributed by atoms with E-state index in [2.05, 4.69) is 5.32 Å². The highest BCUT2D eigenvalue weighted by atomic mass is 32.2. The lowest BCUT2D eigenvalue weighted by Crippen LogP contribution is -2.31. The third kappa shape index (κ3) is 6.45. The first-order valence-electron chi connectivity index (χ1n) is 10.6. The zero-order valence-corrected chi connectivity index (χ0v) is 19.5. The Labute approximate surface area is 185 Å². The number of amides is 1. The van der Waals surface area contributed by atoms with Crippen LogP contribution in [0, 0.1) is 0 Å². The van der Waals surface area contributed by atoms with Gasteiger partial charge in [0.2, 0.25) is 10.0 Å². The van der Waals surface area contributed by atoms with Crippen molar-refractivity contribution in [1.29, 1.82) is 0 Å². The molecule has 0 bridgehead atoms. The fourth-order valence-electron chi connectivity index (χ4n) is 3.18. The molecule has 0 aliphatic carbocycles. The molecule has 7 nitrogen and oxygen atoms in total. The summed E-state index contributed by atoms with van der Waals surface area (Å²) in [4.78, 5) is 12.7. The van der Waals surface area contributed by atoms with Crippen LogP contribution in [0.15, 0.2) is 47.4 Å². The summed E-state index contributed by atoms with van der Waals surface area (Å²) in [6.45, 7) is 9.66. The van der Waals surface area contributed by atoms with E-state index in [9.17, 15) is 13.2 Å².